The highest BCUT2D eigenvalue weighted by Crippen LogP contribution is 2.28. The first kappa shape index (κ1) is 19.1. The van der Waals surface area contributed by atoms with Crippen LogP contribution in [0.25, 0.3) is 0 Å². The third kappa shape index (κ3) is 5.37. The van der Waals surface area contributed by atoms with Crippen LogP contribution in [-0.2, 0) is 20.9 Å². The number of carbonyl (C=O) groups is 2. The van der Waals surface area contributed by atoms with E-state index in [2.05, 4.69) is 4.74 Å². The lowest BCUT2D eigenvalue weighted by Crippen LogP contribution is -2.26. The summed E-state index contributed by atoms with van der Waals surface area (Å²) in [6, 6.07) is 11.3. The number of ether oxygens (including phenoxy) is 3. The SMILES string of the molecule is COC(=O)c1ccc(COC(=O)C(C)Oc2ccc(Cl)cc2Cl)cc1. The Labute approximate surface area is 155 Å². The largest absolute Gasteiger partial charge is 0.477 e. The molecule has 7 heteroatoms. The molecule has 0 bridgehead atoms. The van der Waals surface area contributed by atoms with E-state index in [1.54, 1.807) is 43.3 Å². The highest BCUT2D eigenvalue weighted by molar-refractivity contribution is 6.35. The van der Waals surface area contributed by atoms with Gasteiger partial charge in [-0.1, -0.05) is 35.3 Å². The van der Waals surface area contributed by atoms with Crippen molar-refractivity contribution in [2.75, 3.05) is 7.11 Å². The van der Waals surface area contributed by atoms with Crippen molar-refractivity contribution < 1.29 is 23.8 Å². The highest BCUT2D eigenvalue weighted by Gasteiger charge is 2.18. The van der Waals surface area contributed by atoms with Crippen LogP contribution >= 0.6 is 23.2 Å². The number of rotatable bonds is 6. The molecule has 1 unspecified atom stereocenters. The number of hydrogen-bond acceptors (Lipinski definition) is 5. The molecule has 2 aromatic rings. The summed E-state index contributed by atoms with van der Waals surface area (Å²) in [5, 5.41) is 0.786. The summed E-state index contributed by atoms with van der Waals surface area (Å²) in [7, 11) is 1.31. The lowest BCUT2D eigenvalue weighted by Gasteiger charge is -2.15. The molecule has 1 atom stereocenters. The minimum atomic E-state index is -0.840. The molecule has 0 heterocycles. The van der Waals surface area contributed by atoms with Crippen LogP contribution in [0.3, 0.4) is 0 Å². The van der Waals surface area contributed by atoms with E-state index in [1.165, 1.54) is 13.2 Å². The van der Waals surface area contributed by atoms with Crippen molar-refractivity contribution in [1.82, 2.24) is 0 Å². The standard InChI is InChI=1S/C18H16Cl2O5/c1-11(25-16-8-7-14(19)9-15(16)20)17(21)24-10-12-3-5-13(6-4-12)18(22)23-2/h3-9,11H,10H2,1-2H3. The van der Waals surface area contributed by atoms with E-state index in [0.717, 1.165) is 5.56 Å². The van der Waals surface area contributed by atoms with Crippen LogP contribution in [0.5, 0.6) is 5.75 Å². The van der Waals surface area contributed by atoms with Crippen molar-refractivity contribution in [1.29, 1.82) is 0 Å². The quantitative estimate of drug-likeness (QED) is 0.697. The van der Waals surface area contributed by atoms with Gasteiger partial charge in [-0.3, -0.25) is 0 Å². The summed E-state index contributed by atoms with van der Waals surface area (Å²) in [5.74, 6) is -0.619. The summed E-state index contributed by atoms with van der Waals surface area (Å²) in [4.78, 5) is 23.4. The zero-order valence-corrected chi connectivity index (χ0v) is 15.1. The van der Waals surface area contributed by atoms with Crippen molar-refractivity contribution in [3.8, 4) is 5.75 Å². The van der Waals surface area contributed by atoms with Gasteiger partial charge in [-0.05, 0) is 42.8 Å². The second-order valence-corrected chi connectivity index (χ2v) is 5.97. The third-order valence-corrected chi connectivity index (χ3v) is 3.82. The molecular formula is C18H16Cl2O5. The van der Waals surface area contributed by atoms with E-state index in [9.17, 15) is 9.59 Å². The van der Waals surface area contributed by atoms with Crippen LogP contribution in [0.1, 0.15) is 22.8 Å². The van der Waals surface area contributed by atoms with Crippen LogP contribution in [0.2, 0.25) is 10.0 Å². The maximum Gasteiger partial charge on any atom is 0.347 e. The maximum absolute atomic E-state index is 12.0. The molecular weight excluding hydrogens is 367 g/mol. The molecule has 0 aliphatic carbocycles. The summed E-state index contributed by atoms with van der Waals surface area (Å²) >= 11 is 11.8. The van der Waals surface area contributed by atoms with Gasteiger partial charge >= 0.3 is 11.9 Å². The first-order chi connectivity index (χ1) is 11.9. The second-order valence-electron chi connectivity index (χ2n) is 5.13. The molecule has 0 N–H and O–H groups in total. The van der Waals surface area contributed by atoms with Gasteiger partial charge < -0.3 is 14.2 Å². The van der Waals surface area contributed by atoms with Crippen molar-refractivity contribution in [3.05, 3.63) is 63.6 Å². The second kappa shape index (κ2) is 8.74. The molecule has 132 valence electrons. The molecule has 0 radical (unpaired) electrons. The van der Waals surface area contributed by atoms with Crippen molar-refractivity contribution >= 4 is 35.1 Å². The Bertz CT molecular complexity index is 759. The molecule has 0 amide bonds. The molecule has 0 aromatic heterocycles. The molecule has 0 fully saturated rings. The topological polar surface area (TPSA) is 61.8 Å². The molecule has 0 saturated carbocycles. The molecule has 5 nitrogen and oxygen atoms in total. The third-order valence-electron chi connectivity index (χ3n) is 3.29. The monoisotopic (exact) mass is 382 g/mol. The Kier molecular flexibility index (Phi) is 6.67. The Balaban J connectivity index is 1.89. The zero-order chi connectivity index (χ0) is 18.4. The van der Waals surface area contributed by atoms with Crippen molar-refractivity contribution in [3.63, 3.8) is 0 Å². The fourth-order valence-corrected chi connectivity index (χ4v) is 2.39. The fourth-order valence-electron chi connectivity index (χ4n) is 1.94. The van der Waals surface area contributed by atoms with E-state index in [-0.39, 0.29) is 6.61 Å². The van der Waals surface area contributed by atoms with Crippen LogP contribution in [0.15, 0.2) is 42.5 Å². The average molecular weight is 383 g/mol. The molecule has 0 aliphatic rings. The van der Waals surface area contributed by atoms with Gasteiger partial charge in [0.15, 0.2) is 6.10 Å². The number of halogens is 2. The zero-order valence-electron chi connectivity index (χ0n) is 13.6. The predicted octanol–water partition coefficient (Wildman–Crippen LogP) is 4.29. The Morgan fingerprint density at radius 1 is 1.08 bits per heavy atom. The van der Waals surface area contributed by atoms with E-state index in [0.29, 0.717) is 21.4 Å². The summed E-state index contributed by atoms with van der Waals surface area (Å²) in [5.41, 5.74) is 1.16. The Hall–Kier alpha value is -2.24. The summed E-state index contributed by atoms with van der Waals surface area (Å²) in [6.45, 7) is 1.62. The molecule has 2 rings (SSSR count). The Morgan fingerprint density at radius 3 is 2.36 bits per heavy atom. The Morgan fingerprint density at radius 2 is 1.76 bits per heavy atom. The molecule has 2 aromatic carbocycles. The van der Waals surface area contributed by atoms with Crippen molar-refractivity contribution in [2.45, 2.75) is 19.6 Å². The molecule has 0 saturated heterocycles. The van der Waals surface area contributed by atoms with Gasteiger partial charge in [0.1, 0.15) is 12.4 Å². The molecule has 0 aliphatic heterocycles. The van der Waals surface area contributed by atoms with E-state index >= 15 is 0 Å². The normalized spacial score (nSPS) is 11.5. The van der Waals surface area contributed by atoms with Crippen LogP contribution in [0.4, 0.5) is 0 Å². The van der Waals surface area contributed by atoms with Gasteiger partial charge in [-0.25, -0.2) is 9.59 Å². The van der Waals surface area contributed by atoms with Gasteiger partial charge in [0, 0.05) is 5.02 Å². The first-order valence-corrected chi connectivity index (χ1v) is 8.12. The van der Waals surface area contributed by atoms with Crippen LogP contribution in [-0.4, -0.2) is 25.2 Å². The highest BCUT2D eigenvalue weighted by atomic mass is 35.5. The lowest BCUT2D eigenvalue weighted by molar-refractivity contribution is -0.152. The van der Waals surface area contributed by atoms with E-state index in [4.69, 9.17) is 32.7 Å². The van der Waals surface area contributed by atoms with E-state index < -0.39 is 18.0 Å². The number of benzene rings is 2. The smallest absolute Gasteiger partial charge is 0.347 e. The van der Waals surface area contributed by atoms with Gasteiger partial charge in [0.25, 0.3) is 0 Å². The maximum atomic E-state index is 12.0. The lowest BCUT2D eigenvalue weighted by atomic mass is 10.1. The number of esters is 2. The number of carbonyl (C=O) groups excluding carboxylic acids is 2. The van der Waals surface area contributed by atoms with Gasteiger partial charge in [-0.15, -0.1) is 0 Å². The summed E-state index contributed by atoms with van der Waals surface area (Å²) < 4.78 is 15.3. The minimum absolute atomic E-state index is 0.0579. The number of methoxy groups -OCH3 is 1. The average Bonchev–Trinajstić information content (AvgIpc) is 2.61. The minimum Gasteiger partial charge on any atom is -0.477 e. The van der Waals surface area contributed by atoms with Crippen molar-refractivity contribution in [2.24, 2.45) is 0 Å². The molecule has 0 spiro atoms. The first-order valence-electron chi connectivity index (χ1n) is 7.36. The summed E-state index contributed by atoms with van der Waals surface area (Å²) in [6.07, 6.45) is -0.840. The predicted molar refractivity (Wildman–Crippen MR) is 94.1 cm³/mol. The molecule has 25 heavy (non-hydrogen) atoms. The fraction of sp³-hybridized carbons (Fsp3) is 0.222. The number of hydrogen-bond donors (Lipinski definition) is 0. The van der Waals surface area contributed by atoms with Gasteiger partial charge in [0.2, 0.25) is 0 Å². The van der Waals surface area contributed by atoms with Crippen LogP contribution < -0.4 is 4.74 Å². The van der Waals surface area contributed by atoms with E-state index in [1.807, 2.05) is 0 Å². The van der Waals surface area contributed by atoms with Gasteiger partial charge in [-0.2, -0.15) is 0 Å². The van der Waals surface area contributed by atoms with Gasteiger partial charge in [0.05, 0.1) is 17.7 Å². The van der Waals surface area contributed by atoms with Crippen LogP contribution in [0, 0.1) is 0 Å².